The Morgan fingerprint density at radius 1 is 0.875 bits per heavy atom. The van der Waals surface area contributed by atoms with Crippen LogP contribution in [0, 0.1) is 0 Å². The smallest absolute Gasteiger partial charge is 0.411 e. The normalized spacial score (nSPS) is 8.00. The fraction of sp³-hybridized carbons (Fsp3) is 0. The summed E-state index contributed by atoms with van der Waals surface area (Å²) < 4.78 is 0.573. The second-order valence-electron chi connectivity index (χ2n) is 2.37. The van der Waals surface area contributed by atoms with E-state index in [9.17, 15) is 0 Å². The molecular formula is C8H6N2Na2S4. The minimum atomic E-state index is 0. The fourth-order valence-electron chi connectivity index (χ4n) is 0.921. The zero-order valence-electron chi connectivity index (χ0n) is 8.94. The van der Waals surface area contributed by atoms with Gasteiger partial charge >= 0.3 is 59.1 Å². The molecule has 0 radical (unpaired) electrons. The van der Waals surface area contributed by atoms with Gasteiger partial charge in [-0.25, -0.2) is 0 Å². The van der Waals surface area contributed by atoms with Crippen molar-refractivity contribution in [2.45, 2.75) is 0 Å². The second kappa shape index (κ2) is 10.4. The molecule has 0 aliphatic carbocycles. The van der Waals surface area contributed by atoms with Crippen molar-refractivity contribution in [3.05, 3.63) is 24.3 Å². The summed E-state index contributed by atoms with van der Waals surface area (Å²) in [6.45, 7) is 0. The van der Waals surface area contributed by atoms with Crippen LogP contribution in [0.3, 0.4) is 0 Å². The molecule has 0 aliphatic rings. The van der Waals surface area contributed by atoms with Gasteiger partial charge in [0, 0.05) is 0 Å². The van der Waals surface area contributed by atoms with Gasteiger partial charge in [-0.3, -0.25) is 0 Å². The number of hydrogen-bond donors (Lipinski definition) is 2. The minimum Gasteiger partial charge on any atom is -0.411 e. The van der Waals surface area contributed by atoms with Gasteiger partial charge in [-0.15, -0.1) is 0 Å². The summed E-state index contributed by atoms with van der Waals surface area (Å²) in [6.07, 6.45) is 0. The Morgan fingerprint density at radius 3 is 1.44 bits per heavy atom. The monoisotopic (exact) mass is 304 g/mol. The van der Waals surface area contributed by atoms with E-state index >= 15 is 0 Å². The first kappa shape index (κ1) is 19.8. The zero-order chi connectivity index (χ0) is 10.6. The average molecular weight is 304 g/mol. The van der Waals surface area contributed by atoms with Crippen molar-refractivity contribution in [3.8, 4) is 0 Å². The zero-order valence-corrected chi connectivity index (χ0v) is 16.2. The van der Waals surface area contributed by atoms with E-state index in [-0.39, 0.29) is 67.8 Å². The van der Waals surface area contributed by atoms with Gasteiger partial charge in [0.15, 0.2) is 0 Å². The molecule has 0 spiro atoms. The summed E-state index contributed by atoms with van der Waals surface area (Å²) >= 11 is 19.1. The summed E-state index contributed by atoms with van der Waals surface area (Å²) in [4.78, 5) is 0. The first-order valence-corrected chi connectivity index (χ1v) is 5.28. The Kier molecular flexibility index (Phi) is 12.8. The molecule has 0 unspecified atom stereocenters. The largest absolute Gasteiger partial charge is 1.00 e. The van der Waals surface area contributed by atoms with Crippen LogP contribution in [0.4, 0.5) is 11.4 Å². The van der Waals surface area contributed by atoms with Crippen molar-refractivity contribution in [1.29, 1.82) is 0 Å². The number of rotatable bonds is 2. The summed E-state index contributed by atoms with van der Waals surface area (Å²) in [5.41, 5.74) is 1.56. The molecule has 16 heavy (non-hydrogen) atoms. The van der Waals surface area contributed by atoms with E-state index in [0.717, 1.165) is 11.4 Å². The third kappa shape index (κ3) is 7.71. The SMILES string of the molecule is S=C([S-])Nc1ccccc1NC(=S)[S-].[Na+].[Na+]. The molecule has 74 valence electrons. The molecule has 2 nitrogen and oxygen atoms in total. The van der Waals surface area contributed by atoms with Gasteiger partial charge in [0.05, 0.1) is 11.4 Å². The Labute approximate surface area is 161 Å². The molecular weight excluding hydrogens is 298 g/mol. The van der Waals surface area contributed by atoms with Crippen LogP contribution >= 0.6 is 24.4 Å². The molecule has 0 atom stereocenters. The minimum absolute atomic E-state index is 0. The molecule has 0 saturated carbocycles. The maximum Gasteiger partial charge on any atom is 1.00 e. The molecule has 1 aromatic rings. The molecule has 0 fully saturated rings. The van der Waals surface area contributed by atoms with Crippen molar-refractivity contribution in [2.75, 3.05) is 10.6 Å². The average Bonchev–Trinajstić information content (AvgIpc) is 2.06. The molecule has 0 amide bonds. The van der Waals surface area contributed by atoms with Gasteiger partial charge in [0.25, 0.3) is 0 Å². The number of nitrogens with one attached hydrogen (secondary N) is 2. The van der Waals surface area contributed by atoms with Gasteiger partial charge in [0.1, 0.15) is 0 Å². The summed E-state index contributed by atoms with van der Waals surface area (Å²) in [7, 11) is 0. The first-order chi connectivity index (χ1) is 6.59. The van der Waals surface area contributed by atoms with Crippen LogP contribution in [-0.4, -0.2) is 8.64 Å². The van der Waals surface area contributed by atoms with E-state index in [4.69, 9.17) is 49.7 Å². The van der Waals surface area contributed by atoms with Gasteiger partial charge in [-0.2, -0.15) is 0 Å². The summed E-state index contributed by atoms with van der Waals surface area (Å²) in [5.74, 6) is 0. The van der Waals surface area contributed by atoms with Crippen LogP contribution in [0.2, 0.25) is 0 Å². The van der Waals surface area contributed by atoms with Gasteiger partial charge < -0.3 is 60.3 Å². The van der Waals surface area contributed by atoms with Crippen LogP contribution in [-0.2, 0) is 25.3 Å². The van der Waals surface area contributed by atoms with Gasteiger partial charge in [-0.1, -0.05) is 20.8 Å². The third-order valence-corrected chi connectivity index (χ3v) is 1.81. The summed E-state index contributed by atoms with van der Waals surface area (Å²) in [5, 5.41) is 5.71. The Bertz CT molecular complexity index is 338. The predicted octanol–water partition coefficient (Wildman–Crippen LogP) is -3.82. The van der Waals surface area contributed by atoms with E-state index in [2.05, 4.69) is 10.6 Å². The predicted molar refractivity (Wildman–Crippen MR) is 73.6 cm³/mol. The second-order valence-corrected chi connectivity index (χ2v) is 4.52. The first-order valence-electron chi connectivity index (χ1n) is 3.64. The van der Waals surface area contributed by atoms with Crippen LogP contribution in [0.5, 0.6) is 0 Å². The molecule has 1 aromatic carbocycles. The van der Waals surface area contributed by atoms with Crippen molar-refractivity contribution >= 4 is 69.7 Å². The number of hydrogen-bond acceptors (Lipinski definition) is 4. The molecule has 8 heteroatoms. The van der Waals surface area contributed by atoms with Crippen LogP contribution in [0.25, 0.3) is 0 Å². The number of thiocarbonyl (C=S) groups is 2. The molecule has 0 saturated heterocycles. The Hall–Kier alpha value is 1.44. The van der Waals surface area contributed by atoms with Gasteiger partial charge in [-0.05, 0) is 12.1 Å². The fourth-order valence-corrected chi connectivity index (χ4v) is 1.36. The van der Waals surface area contributed by atoms with Gasteiger partial charge in [0.2, 0.25) is 0 Å². The Balaban J connectivity index is 0. The molecule has 2 N–H and O–H groups in total. The van der Waals surface area contributed by atoms with E-state index < -0.39 is 0 Å². The van der Waals surface area contributed by atoms with E-state index in [1.165, 1.54) is 0 Å². The number of para-hydroxylation sites is 2. The van der Waals surface area contributed by atoms with Crippen molar-refractivity contribution in [3.63, 3.8) is 0 Å². The molecule has 0 aromatic heterocycles. The van der Waals surface area contributed by atoms with Crippen LogP contribution in [0.1, 0.15) is 0 Å². The van der Waals surface area contributed by atoms with E-state index in [0.29, 0.717) is 0 Å². The maximum atomic E-state index is 4.77. The van der Waals surface area contributed by atoms with E-state index in [1.54, 1.807) is 0 Å². The van der Waals surface area contributed by atoms with E-state index in [1.807, 2.05) is 24.3 Å². The number of benzene rings is 1. The standard InChI is InChI=1S/C8H8N2S4.2Na/c11-7(12)9-5-3-1-2-4-6(5)10-8(13)14;;/h1-4H,(H2,9,11,12)(H2,10,13,14);;/q;2*+1/p-2. The molecule has 0 bridgehead atoms. The Morgan fingerprint density at radius 2 is 1.19 bits per heavy atom. The third-order valence-electron chi connectivity index (χ3n) is 1.40. The maximum absolute atomic E-state index is 4.77. The van der Waals surface area contributed by atoms with Crippen molar-refractivity contribution in [1.82, 2.24) is 0 Å². The quantitative estimate of drug-likeness (QED) is 0.330. The molecule has 1 rings (SSSR count). The van der Waals surface area contributed by atoms with Crippen molar-refractivity contribution < 1.29 is 59.1 Å². The topological polar surface area (TPSA) is 24.1 Å². The van der Waals surface area contributed by atoms with Crippen LogP contribution < -0.4 is 69.7 Å². The molecule has 0 aliphatic heterocycles. The van der Waals surface area contributed by atoms with Crippen LogP contribution in [0.15, 0.2) is 24.3 Å². The number of anilines is 2. The summed E-state index contributed by atoms with van der Waals surface area (Å²) in [6, 6.07) is 7.42. The molecule has 0 heterocycles. The van der Waals surface area contributed by atoms with Crippen molar-refractivity contribution in [2.24, 2.45) is 0 Å².